The third-order valence-electron chi connectivity index (χ3n) is 2.77. The lowest BCUT2D eigenvalue weighted by molar-refractivity contribution is -0.118. The molecule has 0 saturated carbocycles. The van der Waals surface area contributed by atoms with Gasteiger partial charge in [-0.05, 0) is 23.8 Å². The van der Waals surface area contributed by atoms with E-state index < -0.39 is 17.8 Å². The van der Waals surface area contributed by atoms with Gasteiger partial charge in [-0.25, -0.2) is 4.39 Å². The summed E-state index contributed by atoms with van der Waals surface area (Å²) in [6.45, 7) is 0. The molecule has 20 heavy (non-hydrogen) atoms. The van der Waals surface area contributed by atoms with Crippen LogP contribution in [0.2, 0.25) is 0 Å². The summed E-state index contributed by atoms with van der Waals surface area (Å²) >= 11 is 3.21. The monoisotopic (exact) mass is 337 g/mol. The standard InChI is InChI=1S/C15H13BrFNO2/c16-11-6-7-12(17)13(8-11)18-15(20)9-14(19)10-4-2-1-3-5-10/h1-8,14,19H,9H2,(H,18,20). The summed E-state index contributed by atoms with van der Waals surface area (Å²) in [6, 6.07) is 13.1. The molecule has 0 aliphatic heterocycles. The van der Waals surface area contributed by atoms with Crippen LogP contribution >= 0.6 is 15.9 Å². The highest BCUT2D eigenvalue weighted by Gasteiger charge is 2.14. The minimum atomic E-state index is -0.911. The van der Waals surface area contributed by atoms with Crippen LogP contribution in [0.3, 0.4) is 0 Å². The van der Waals surface area contributed by atoms with Crippen molar-refractivity contribution in [1.82, 2.24) is 0 Å². The normalized spacial score (nSPS) is 11.9. The van der Waals surface area contributed by atoms with Crippen molar-refractivity contribution in [3.8, 4) is 0 Å². The molecule has 1 amide bonds. The lowest BCUT2D eigenvalue weighted by atomic mass is 10.1. The number of aliphatic hydroxyl groups excluding tert-OH is 1. The number of anilines is 1. The number of hydrogen-bond donors (Lipinski definition) is 2. The number of carbonyl (C=O) groups is 1. The van der Waals surface area contributed by atoms with Crippen LogP contribution in [-0.4, -0.2) is 11.0 Å². The number of nitrogens with one attached hydrogen (secondary N) is 1. The van der Waals surface area contributed by atoms with E-state index in [0.717, 1.165) is 0 Å². The van der Waals surface area contributed by atoms with Gasteiger partial charge in [0.25, 0.3) is 0 Å². The summed E-state index contributed by atoms with van der Waals surface area (Å²) in [4.78, 5) is 11.8. The highest BCUT2D eigenvalue weighted by atomic mass is 79.9. The average Bonchev–Trinajstić information content (AvgIpc) is 2.43. The van der Waals surface area contributed by atoms with Crippen molar-refractivity contribution in [2.24, 2.45) is 0 Å². The van der Waals surface area contributed by atoms with Gasteiger partial charge in [-0.15, -0.1) is 0 Å². The molecule has 0 spiro atoms. The Bertz CT molecular complexity index is 604. The van der Waals surface area contributed by atoms with Gasteiger partial charge in [0.05, 0.1) is 18.2 Å². The molecule has 0 saturated heterocycles. The van der Waals surface area contributed by atoms with E-state index >= 15 is 0 Å². The Balaban J connectivity index is 2.01. The molecule has 104 valence electrons. The minimum Gasteiger partial charge on any atom is -0.388 e. The summed E-state index contributed by atoms with van der Waals surface area (Å²) < 4.78 is 14.2. The quantitative estimate of drug-likeness (QED) is 0.894. The summed E-state index contributed by atoms with van der Waals surface area (Å²) in [7, 11) is 0. The zero-order valence-corrected chi connectivity index (χ0v) is 12.1. The maximum atomic E-state index is 13.5. The van der Waals surface area contributed by atoms with Gasteiger partial charge in [-0.3, -0.25) is 4.79 Å². The zero-order valence-electron chi connectivity index (χ0n) is 10.5. The fourth-order valence-corrected chi connectivity index (χ4v) is 2.12. The van der Waals surface area contributed by atoms with Crippen LogP contribution in [0.1, 0.15) is 18.1 Å². The molecule has 0 aromatic heterocycles. The first-order chi connectivity index (χ1) is 9.56. The summed E-state index contributed by atoms with van der Waals surface area (Å²) in [5.74, 6) is -0.964. The number of aliphatic hydroxyl groups is 1. The Hall–Kier alpha value is -1.72. The number of halogens is 2. The molecule has 0 aliphatic rings. The highest BCUT2D eigenvalue weighted by Crippen LogP contribution is 2.22. The van der Waals surface area contributed by atoms with E-state index in [1.165, 1.54) is 12.1 Å². The Labute approximate surface area is 124 Å². The summed E-state index contributed by atoms with van der Waals surface area (Å²) in [5.41, 5.74) is 0.738. The number of hydrogen-bond acceptors (Lipinski definition) is 2. The van der Waals surface area contributed by atoms with Gasteiger partial charge in [-0.2, -0.15) is 0 Å². The molecular formula is C15H13BrFNO2. The van der Waals surface area contributed by atoms with Crippen LogP contribution in [0, 0.1) is 5.82 Å². The van der Waals surface area contributed by atoms with Gasteiger partial charge in [0, 0.05) is 4.47 Å². The Morgan fingerprint density at radius 1 is 1.25 bits per heavy atom. The van der Waals surface area contributed by atoms with E-state index in [1.807, 2.05) is 6.07 Å². The molecule has 0 fully saturated rings. The van der Waals surface area contributed by atoms with Crippen LogP contribution < -0.4 is 5.32 Å². The predicted octanol–water partition coefficient (Wildman–Crippen LogP) is 3.65. The lowest BCUT2D eigenvalue weighted by Crippen LogP contribution is -2.16. The van der Waals surface area contributed by atoms with Crippen molar-refractivity contribution < 1.29 is 14.3 Å². The molecular weight excluding hydrogens is 325 g/mol. The molecule has 3 nitrogen and oxygen atoms in total. The van der Waals surface area contributed by atoms with E-state index in [0.29, 0.717) is 10.0 Å². The second-order valence-electron chi connectivity index (χ2n) is 4.30. The van der Waals surface area contributed by atoms with E-state index in [1.54, 1.807) is 30.3 Å². The lowest BCUT2D eigenvalue weighted by Gasteiger charge is -2.11. The van der Waals surface area contributed by atoms with E-state index in [-0.39, 0.29) is 12.1 Å². The molecule has 2 rings (SSSR count). The SMILES string of the molecule is O=C(CC(O)c1ccccc1)Nc1cc(Br)ccc1F. The smallest absolute Gasteiger partial charge is 0.227 e. The van der Waals surface area contributed by atoms with Crippen molar-refractivity contribution in [3.63, 3.8) is 0 Å². The molecule has 0 aliphatic carbocycles. The number of rotatable bonds is 4. The van der Waals surface area contributed by atoms with Gasteiger partial charge < -0.3 is 10.4 Å². The molecule has 1 atom stereocenters. The maximum absolute atomic E-state index is 13.5. The third-order valence-corrected chi connectivity index (χ3v) is 3.26. The van der Waals surface area contributed by atoms with Gasteiger partial charge in [0.1, 0.15) is 5.82 Å². The second kappa shape index (κ2) is 6.63. The first kappa shape index (κ1) is 14.7. The van der Waals surface area contributed by atoms with E-state index in [4.69, 9.17) is 0 Å². The largest absolute Gasteiger partial charge is 0.388 e. The van der Waals surface area contributed by atoms with Crippen molar-refractivity contribution >= 4 is 27.5 Å². The summed E-state index contributed by atoms with van der Waals surface area (Å²) in [6.07, 6.45) is -1.04. The molecule has 0 bridgehead atoms. The number of carbonyl (C=O) groups excluding carboxylic acids is 1. The maximum Gasteiger partial charge on any atom is 0.227 e. The van der Waals surface area contributed by atoms with E-state index in [9.17, 15) is 14.3 Å². The van der Waals surface area contributed by atoms with Gasteiger partial charge >= 0.3 is 0 Å². The Morgan fingerprint density at radius 2 is 1.95 bits per heavy atom. The molecule has 1 unspecified atom stereocenters. The Morgan fingerprint density at radius 3 is 2.65 bits per heavy atom. The molecule has 2 N–H and O–H groups in total. The fourth-order valence-electron chi connectivity index (χ4n) is 1.76. The van der Waals surface area contributed by atoms with Gasteiger partial charge in [-0.1, -0.05) is 46.3 Å². The first-order valence-corrected chi connectivity index (χ1v) is 6.83. The minimum absolute atomic E-state index is 0.0876. The van der Waals surface area contributed by atoms with Crippen molar-refractivity contribution in [3.05, 3.63) is 64.4 Å². The molecule has 2 aromatic rings. The average molecular weight is 338 g/mol. The molecule has 2 aromatic carbocycles. The first-order valence-electron chi connectivity index (χ1n) is 6.04. The van der Waals surface area contributed by atoms with Crippen LogP contribution in [0.15, 0.2) is 53.0 Å². The Kier molecular flexibility index (Phi) is 4.87. The van der Waals surface area contributed by atoms with Crippen molar-refractivity contribution in [1.29, 1.82) is 0 Å². The van der Waals surface area contributed by atoms with Crippen LogP contribution in [-0.2, 0) is 4.79 Å². The fraction of sp³-hybridized carbons (Fsp3) is 0.133. The molecule has 5 heteroatoms. The van der Waals surface area contributed by atoms with Crippen LogP contribution in [0.4, 0.5) is 10.1 Å². The van der Waals surface area contributed by atoms with Gasteiger partial charge in [0.15, 0.2) is 0 Å². The molecule has 0 radical (unpaired) electrons. The summed E-state index contributed by atoms with van der Waals surface area (Å²) in [5, 5.41) is 12.4. The topological polar surface area (TPSA) is 49.3 Å². The van der Waals surface area contributed by atoms with E-state index in [2.05, 4.69) is 21.2 Å². The second-order valence-corrected chi connectivity index (χ2v) is 5.22. The van der Waals surface area contributed by atoms with Crippen LogP contribution in [0.5, 0.6) is 0 Å². The zero-order chi connectivity index (χ0) is 14.5. The highest BCUT2D eigenvalue weighted by molar-refractivity contribution is 9.10. The third kappa shape index (κ3) is 3.88. The number of amides is 1. The van der Waals surface area contributed by atoms with Gasteiger partial charge in [0.2, 0.25) is 5.91 Å². The predicted molar refractivity (Wildman–Crippen MR) is 78.7 cm³/mol. The van der Waals surface area contributed by atoms with Crippen molar-refractivity contribution in [2.75, 3.05) is 5.32 Å². The van der Waals surface area contributed by atoms with Crippen molar-refractivity contribution in [2.45, 2.75) is 12.5 Å². The number of benzene rings is 2. The van der Waals surface area contributed by atoms with Crippen LogP contribution in [0.25, 0.3) is 0 Å². The molecule has 0 heterocycles.